The summed E-state index contributed by atoms with van der Waals surface area (Å²) in [7, 11) is -1.22. The minimum Gasteiger partial charge on any atom is -0.494 e. The summed E-state index contributed by atoms with van der Waals surface area (Å²) in [4.78, 5) is 12.1. The Morgan fingerprint density at radius 3 is 2.65 bits per heavy atom. The molecule has 1 amide bonds. The number of hydrogen-bond donors (Lipinski definition) is 1. The van der Waals surface area contributed by atoms with Crippen LogP contribution in [0.25, 0.3) is 0 Å². The molecule has 0 aromatic heterocycles. The Kier molecular flexibility index (Phi) is 7.09. The van der Waals surface area contributed by atoms with Crippen molar-refractivity contribution in [1.82, 2.24) is 5.32 Å². The maximum Gasteiger partial charge on any atom is 0.232 e. The highest BCUT2D eigenvalue weighted by Gasteiger charge is 2.20. The first-order valence-electron chi connectivity index (χ1n) is 8.43. The fourth-order valence-corrected chi connectivity index (χ4v) is 4.03. The van der Waals surface area contributed by atoms with Crippen LogP contribution in [0.1, 0.15) is 45.1 Å². The summed E-state index contributed by atoms with van der Waals surface area (Å²) in [6.07, 6.45) is 4.39. The molecule has 4 nitrogen and oxygen atoms in total. The lowest BCUT2D eigenvalue weighted by atomic mass is 9.87. The van der Waals surface area contributed by atoms with Gasteiger partial charge in [0.05, 0.1) is 12.4 Å². The molecule has 0 radical (unpaired) electrons. The molecule has 0 bridgehead atoms. The summed E-state index contributed by atoms with van der Waals surface area (Å²) in [6, 6.07) is 7.83. The van der Waals surface area contributed by atoms with E-state index < -0.39 is 10.8 Å². The lowest BCUT2D eigenvalue weighted by Crippen LogP contribution is -2.39. The van der Waals surface area contributed by atoms with Crippen molar-refractivity contribution in [1.29, 1.82) is 0 Å². The molecule has 5 heteroatoms. The van der Waals surface area contributed by atoms with Crippen LogP contribution in [0.4, 0.5) is 0 Å². The van der Waals surface area contributed by atoms with E-state index in [0.717, 1.165) is 42.9 Å². The molecule has 0 spiro atoms. The van der Waals surface area contributed by atoms with Crippen LogP contribution < -0.4 is 10.1 Å². The van der Waals surface area contributed by atoms with Crippen LogP contribution in [0, 0.1) is 5.92 Å². The topological polar surface area (TPSA) is 55.4 Å². The van der Waals surface area contributed by atoms with Crippen molar-refractivity contribution in [3.8, 4) is 5.75 Å². The molecule has 1 fully saturated rings. The third-order valence-corrected chi connectivity index (χ3v) is 5.48. The van der Waals surface area contributed by atoms with E-state index in [1.807, 2.05) is 31.2 Å². The van der Waals surface area contributed by atoms with Crippen molar-refractivity contribution >= 4 is 16.7 Å². The predicted octanol–water partition coefficient (Wildman–Crippen LogP) is 3.03. The van der Waals surface area contributed by atoms with Crippen molar-refractivity contribution < 1.29 is 13.7 Å². The second kappa shape index (κ2) is 9.06. The third kappa shape index (κ3) is 5.98. The van der Waals surface area contributed by atoms with Crippen LogP contribution in [-0.2, 0) is 21.3 Å². The summed E-state index contributed by atoms with van der Waals surface area (Å²) in [5, 5.41) is 3.03. The molecule has 0 aliphatic heterocycles. The molecular formula is C18H27NO3S. The number of ether oxygens (including phenoxy) is 1. The van der Waals surface area contributed by atoms with E-state index in [1.54, 1.807) is 0 Å². The highest BCUT2D eigenvalue weighted by molar-refractivity contribution is 7.84. The summed E-state index contributed by atoms with van der Waals surface area (Å²) >= 11 is 0. The molecule has 0 saturated heterocycles. The Morgan fingerprint density at radius 2 is 1.96 bits per heavy atom. The van der Waals surface area contributed by atoms with E-state index in [9.17, 15) is 9.00 Å². The zero-order chi connectivity index (χ0) is 16.7. The van der Waals surface area contributed by atoms with Gasteiger partial charge in [-0.15, -0.1) is 0 Å². The smallest absolute Gasteiger partial charge is 0.232 e. The average molecular weight is 337 g/mol. The van der Waals surface area contributed by atoms with Gasteiger partial charge in [-0.25, -0.2) is 0 Å². The van der Waals surface area contributed by atoms with Crippen molar-refractivity contribution in [2.24, 2.45) is 5.92 Å². The first kappa shape index (κ1) is 18.0. The number of para-hydroxylation sites is 1. The van der Waals surface area contributed by atoms with Crippen LogP contribution in [0.3, 0.4) is 0 Å². The molecule has 1 aliphatic rings. The normalized spacial score (nSPS) is 22.3. The number of nitrogens with one attached hydrogen (secondary N) is 1. The Hall–Kier alpha value is -1.36. The summed E-state index contributed by atoms with van der Waals surface area (Å²) in [5.74, 6) is 1.83. The predicted molar refractivity (Wildman–Crippen MR) is 93.9 cm³/mol. The minimum atomic E-state index is -1.22. The van der Waals surface area contributed by atoms with Gasteiger partial charge < -0.3 is 10.1 Å². The van der Waals surface area contributed by atoms with Crippen LogP contribution >= 0.6 is 0 Å². The number of rotatable bonds is 7. The Morgan fingerprint density at radius 1 is 1.26 bits per heavy atom. The van der Waals surface area contributed by atoms with Gasteiger partial charge in [0, 0.05) is 22.4 Å². The first-order chi connectivity index (χ1) is 11.1. The van der Waals surface area contributed by atoms with Gasteiger partial charge in [0.15, 0.2) is 0 Å². The highest BCUT2D eigenvalue weighted by Crippen LogP contribution is 2.23. The molecule has 1 saturated carbocycles. The van der Waals surface area contributed by atoms with Crippen LogP contribution in [-0.4, -0.2) is 28.5 Å². The molecule has 2 rings (SSSR count). The van der Waals surface area contributed by atoms with E-state index in [4.69, 9.17) is 4.74 Å². The van der Waals surface area contributed by atoms with E-state index in [1.165, 1.54) is 0 Å². The zero-order valence-corrected chi connectivity index (χ0v) is 14.9. The number of carbonyl (C=O) groups excluding carboxylic acids is 1. The molecule has 23 heavy (non-hydrogen) atoms. The molecule has 1 aromatic rings. The quantitative estimate of drug-likeness (QED) is 0.832. The maximum absolute atomic E-state index is 12.3. The summed E-state index contributed by atoms with van der Waals surface area (Å²) < 4.78 is 17.8. The van der Waals surface area contributed by atoms with Gasteiger partial charge in [-0.2, -0.15) is 0 Å². The van der Waals surface area contributed by atoms with Crippen molar-refractivity contribution in [3.63, 3.8) is 0 Å². The first-order valence-corrected chi connectivity index (χ1v) is 9.92. The largest absolute Gasteiger partial charge is 0.494 e. The van der Waals surface area contributed by atoms with Gasteiger partial charge in [-0.05, 0) is 44.6 Å². The number of amides is 1. The van der Waals surface area contributed by atoms with Crippen LogP contribution in [0.15, 0.2) is 24.3 Å². The van der Waals surface area contributed by atoms with Crippen molar-refractivity contribution in [2.45, 2.75) is 51.3 Å². The number of benzene rings is 1. The maximum atomic E-state index is 12.3. The van der Waals surface area contributed by atoms with Gasteiger partial charge in [0.25, 0.3) is 0 Å². The monoisotopic (exact) mass is 337 g/mol. The molecule has 1 aliphatic carbocycles. The minimum absolute atomic E-state index is 0.0620. The second-order valence-electron chi connectivity index (χ2n) is 6.29. The van der Waals surface area contributed by atoms with Gasteiger partial charge in [0.1, 0.15) is 11.5 Å². The Bertz CT molecular complexity index is 539. The summed E-state index contributed by atoms with van der Waals surface area (Å²) in [6.45, 7) is 4.75. The molecule has 0 heterocycles. The Labute approximate surface area is 141 Å². The highest BCUT2D eigenvalue weighted by atomic mass is 32.2. The zero-order valence-electron chi connectivity index (χ0n) is 14.0. The standard InChI is InChI=1S/C18H27NO3S/c1-3-22-17-7-5-4-6-15(17)12-23(21)13-18(20)19-16-10-8-14(2)9-11-16/h4-7,14,16H,3,8-13H2,1-2H3,(H,19,20)/t14?,16?,23-/m0/s1. The lowest BCUT2D eigenvalue weighted by molar-refractivity contribution is -0.119. The average Bonchev–Trinajstić information content (AvgIpc) is 2.51. The van der Waals surface area contributed by atoms with Crippen LogP contribution in [0.2, 0.25) is 0 Å². The molecule has 1 atom stereocenters. The van der Waals surface area contributed by atoms with E-state index in [2.05, 4.69) is 12.2 Å². The van der Waals surface area contributed by atoms with Crippen molar-refractivity contribution in [3.05, 3.63) is 29.8 Å². The van der Waals surface area contributed by atoms with Gasteiger partial charge in [0.2, 0.25) is 5.91 Å². The van der Waals surface area contributed by atoms with E-state index in [-0.39, 0.29) is 17.7 Å². The molecule has 128 valence electrons. The van der Waals surface area contributed by atoms with Gasteiger partial charge in [-0.3, -0.25) is 9.00 Å². The fraction of sp³-hybridized carbons (Fsp3) is 0.611. The lowest BCUT2D eigenvalue weighted by Gasteiger charge is -2.26. The SMILES string of the molecule is CCOc1ccccc1C[S@](=O)CC(=O)NC1CCC(C)CC1. The van der Waals surface area contributed by atoms with Gasteiger partial charge >= 0.3 is 0 Å². The Balaban J connectivity index is 1.81. The molecular weight excluding hydrogens is 310 g/mol. The molecule has 1 N–H and O–H groups in total. The van der Waals surface area contributed by atoms with Crippen LogP contribution in [0.5, 0.6) is 5.75 Å². The molecule has 0 unspecified atom stereocenters. The van der Waals surface area contributed by atoms with E-state index in [0.29, 0.717) is 12.4 Å². The third-order valence-electron chi connectivity index (χ3n) is 4.26. The second-order valence-corrected chi connectivity index (χ2v) is 7.75. The fourth-order valence-electron chi connectivity index (χ4n) is 2.96. The van der Waals surface area contributed by atoms with Crippen molar-refractivity contribution in [2.75, 3.05) is 12.4 Å². The van der Waals surface area contributed by atoms with E-state index >= 15 is 0 Å². The van der Waals surface area contributed by atoms with Gasteiger partial charge in [-0.1, -0.05) is 25.1 Å². The molecule has 1 aromatic carbocycles. The number of carbonyl (C=O) groups is 1. The summed E-state index contributed by atoms with van der Waals surface area (Å²) in [5.41, 5.74) is 0.895. The number of hydrogen-bond acceptors (Lipinski definition) is 3.